The number of pyridine rings is 1. The first-order chi connectivity index (χ1) is 16.0. The van der Waals surface area contributed by atoms with Gasteiger partial charge in [-0.05, 0) is 61.9 Å². The summed E-state index contributed by atoms with van der Waals surface area (Å²) in [5.74, 6) is 1.03. The highest BCUT2D eigenvalue weighted by atomic mass is 16.3. The molecule has 0 spiro atoms. The summed E-state index contributed by atoms with van der Waals surface area (Å²) in [5, 5.41) is 18.5. The SMILES string of the molecule is Cc1cc([C@@H](C)Nc2ccccc2-c2nn[nH]n2)c2oc(-c3cccnc3)c(C)c(=O)c2c1. The Kier molecular flexibility index (Phi) is 5.18. The number of anilines is 1. The highest BCUT2D eigenvalue weighted by Gasteiger charge is 2.20. The number of fused-ring (bicyclic) bond motifs is 1. The molecule has 0 unspecified atom stereocenters. The van der Waals surface area contributed by atoms with Gasteiger partial charge in [-0.3, -0.25) is 9.78 Å². The Labute approximate surface area is 189 Å². The summed E-state index contributed by atoms with van der Waals surface area (Å²) in [7, 11) is 0. The van der Waals surface area contributed by atoms with Crippen LogP contribution in [0.1, 0.15) is 29.7 Å². The summed E-state index contributed by atoms with van der Waals surface area (Å²) >= 11 is 0. The van der Waals surface area contributed by atoms with Gasteiger partial charge in [0, 0.05) is 40.3 Å². The van der Waals surface area contributed by atoms with E-state index in [0.717, 1.165) is 27.9 Å². The summed E-state index contributed by atoms with van der Waals surface area (Å²) in [5.41, 5.74) is 5.39. The summed E-state index contributed by atoms with van der Waals surface area (Å²) in [6.45, 7) is 5.80. The van der Waals surface area contributed by atoms with Gasteiger partial charge in [-0.1, -0.05) is 18.2 Å². The molecular formula is C25H22N6O2. The van der Waals surface area contributed by atoms with Gasteiger partial charge in [0.1, 0.15) is 11.3 Å². The second-order valence-electron chi connectivity index (χ2n) is 8.00. The lowest BCUT2D eigenvalue weighted by Crippen LogP contribution is -2.13. The Morgan fingerprint density at radius 3 is 2.70 bits per heavy atom. The van der Waals surface area contributed by atoms with Crippen LogP contribution in [0.5, 0.6) is 0 Å². The van der Waals surface area contributed by atoms with E-state index in [2.05, 4.69) is 30.9 Å². The predicted octanol–water partition coefficient (Wildman–Crippen LogP) is 4.83. The molecule has 5 aromatic rings. The second kappa shape index (κ2) is 8.31. The number of para-hydroxylation sites is 1. The van der Waals surface area contributed by atoms with Gasteiger partial charge in [0.25, 0.3) is 0 Å². The summed E-state index contributed by atoms with van der Waals surface area (Å²) < 4.78 is 6.39. The van der Waals surface area contributed by atoms with E-state index in [1.807, 2.05) is 62.4 Å². The van der Waals surface area contributed by atoms with E-state index in [-0.39, 0.29) is 11.5 Å². The zero-order chi connectivity index (χ0) is 22.9. The molecule has 1 atom stereocenters. The van der Waals surface area contributed by atoms with Crippen LogP contribution in [-0.4, -0.2) is 25.6 Å². The van der Waals surface area contributed by atoms with Gasteiger partial charge in [0.15, 0.2) is 5.43 Å². The molecule has 3 aromatic heterocycles. The van der Waals surface area contributed by atoms with Crippen LogP contribution in [0.2, 0.25) is 0 Å². The van der Waals surface area contributed by atoms with E-state index in [4.69, 9.17) is 4.42 Å². The van der Waals surface area contributed by atoms with Crippen molar-refractivity contribution in [2.45, 2.75) is 26.8 Å². The van der Waals surface area contributed by atoms with Crippen molar-refractivity contribution in [3.8, 4) is 22.7 Å². The number of tetrazole rings is 1. The van der Waals surface area contributed by atoms with Gasteiger partial charge < -0.3 is 9.73 Å². The van der Waals surface area contributed by atoms with Crippen LogP contribution >= 0.6 is 0 Å². The highest BCUT2D eigenvalue weighted by Crippen LogP contribution is 2.33. The molecule has 0 saturated carbocycles. The van der Waals surface area contributed by atoms with Crippen molar-refractivity contribution in [3.05, 3.63) is 87.8 Å². The van der Waals surface area contributed by atoms with E-state index in [1.165, 1.54) is 0 Å². The molecule has 0 aliphatic heterocycles. The molecule has 0 amide bonds. The van der Waals surface area contributed by atoms with Crippen LogP contribution in [0.15, 0.2) is 70.1 Å². The number of aromatic nitrogens is 5. The third kappa shape index (κ3) is 3.76. The average molecular weight is 438 g/mol. The van der Waals surface area contributed by atoms with E-state index >= 15 is 0 Å². The normalized spacial score (nSPS) is 12.1. The van der Waals surface area contributed by atoms with Crippen molar-refractivity contribution in [2.75, 3.05) is 5.32 Å². The minimum Gasteiger partial charge on any atom is -0.455 e. The number of benzene rings is 2. The largest absolute Gasteiger partial charge is 0.455 e. The fourth-order valence-corrected chi connectivity index (χ4v) is 4.05. The fraction of sp³-hybridized carbons (Fsp3) is 0.160. The number of nitrogens with one attached hydrogen (secondary N) is 2. The number of H-pyrrole nitrogens is 1. The molecule has 5 rings (SSSR count). The molecular weight excluding hydrogens is 416 g/mol. The Morgan fingerprint density at radius 2 is 1.94 bits per heavy atom. The Balaban J connectivity index is 1.64. The Hall–Kier alpha value is -4.33. The minimum absolute atomic E-state index is 0.0422. The molecule has 0 aliphatic rings. The molecule has 164 valence electrons. The van der Waals surface area contributed by atoms with Gasteiger partial charge in [-0.15, -0.1) is 10.2 Å². The van der Waals surface area contributed by atoms with E-state index < -0.39 is 0 Å². The fourth-order valence-electron chi connectivity index (χ4n) is 4.05. The lowest BCUT2D eigenvalue weighted by molar-refractivity contribution is 0.605. The zero-order valence-corrected chi connectivity index (χ0v) is 18.5. The molecule has 8 nitrogen and oxygen atoms in total. The average Bonchev–Trinajstić information content (AvgIpc) is 3.37. The first-order valence-corrected chi connectivity index (χ1v) is 10.6. The van der Waals surface area contributed by atoms with Crippen LogP contribution < -0.4 is 10.7 Å². The number of hydrogen-bond acceptors (Lipinski definition) is 7. The second-order valence-corrected chi connectivity index (χ2v) is 8.00. The zero-order valence-electron chi connectivity index (χ0n) is 18.5. The molecule has 0 fully saturated rings. The van der Waals surface area contributed by atoms with Gasteiger partial charge in [0.05, 0.1) is 11.4 Å². The van der Waals surface area contributed by atoms with Gasteiger partial charge in [-0.25, -0.2) is 0 Å². The number of hydrogen-bond donors (Lipinski definition) is 2. The van der Waals surface area contributed by atoms with E-state index in [1.54, 1.807) is 19.3 Å². The van der Waals surface area contributed by atoms with Crippen LogP contribution in [0, 0.1) is 13.8 Å². The summed E-state index contributed by atoms with van der Waals surface area (Å²) in [6, 6.07) is 15.2. The first kappa shape index (κ1) is 20.6. The smallest absolute Gasteiger partial charge is 0.206 e. The molecule has 3 heterocycles. The monoisotopic (exact) mass is 438 g/mol. The van der Waals surface area contributed by atoms with Gasteiger partial charge >= 0.3 is 0 Å². The Morgan fingerprint density at radius 1 is 1.09 bits per heavy atom. The lowest BCUT2D eigenvalue weighted by atomic mass is 9.98. The van der Waals surface area contributed by atoms with Gasteiger partial charge in [0.2, 0.25) is 5.82 Å². The summed E-state index contributed by atoms with van der Waals surface area (Å²) in [4.78, 5) is 17.5. The van der Waals surface area contributed by atoms with Crippen molar-refractivity contribution >= 4 is 16.7 Å². The maximum Gasteiger partial charge on any atom is 0.206 e. The number of nitrogens with zero attached hydrogens (tertiary/aromatic N) is 4. The standard InChI is InChI=1S/C25H22N6O2/c1-14-11-19(16(3)27-21-9-5-4-8-18(21)25-28-30-31-29-25)24-20(12-14)22(32)15(2)23(33-24)17-7-6-10-26-13-17/h4-13,16,27H,1-3H3,(H,28,29,30,31)/t16-/m1/s1. The highest BCUT2D eigenvalue weighted by molar-refractivity contribution is 5.85. The third-order valence-corrected chi connectivity index (χ3v) is 5.67. The maximum atomic E-state index is 13.3. The van der Waals surface area contributed by atoms with Crippen molar-refractivity contribution in [2.24, 2.45) is 0 Å². The van der Waals surface area contributed by atoms with Crippen molar-refractivity contribution in [1.29, 1.82) is 0 Å². The quantitative estimate of drug-likeness (QED) is 0.405. The number of aryl methyl sites for hydroxylation is 1. The van der Waals surface area contributed by atoms with Gasteiger partial charge in [-0.2, -0.15) is 5.21 Å². The topological polar surface area (TPSA) is 110 Å². The summed E-state index contributed by atoms with van der Waals surface area (Å²) in [6.07, 6.45) is 3.40. The van der Waals surface area contributed by atoms with Crippen molar-refractivity contribution in [3.63, 3.8) is 0 Å². The Bertz CT molecular complexity index is 1490. The molecule has 0 bridgehead atoms. The number of aromatic amines is 1. The predicted molar refractivity (Wildman–Crippen MR) is 127 cm³/mol. The van der Waals surface area contributed by atoms with Crippen LogP contribution in [0.3, 0.4) is 0 Å². The van der Waals surface area contributed by atoms with Crippen LogP contribution in [0.25, 0.3) is 33.7 Å². The maximum absolute atomic E-state index is 13.3. The molecule has 33 heavy (non-hydrogen) atoms. The van der Waals surface area contributed by atoms with E-state index in [0.29, 0.717) is 28.1 Å². The molecule has 2 aromatic carbocycles. The molecule has 8 heteroatoms. The number of rotatable bonds is 5. The van der Waals surface area contributed by atoms with Crippen LogP contribution in [-0.2, 0) is 0 Å². The van der Waals surface area contributed by atoms with Crippen molar-refractivity contribution in [1.82, 2.24) is 25.6 Å². The third-order valence-electron chi connectivity index (χ3n) is 5.67. The molecule has 2 N–H and O–H groups in total. The minimum atomic E-state index is -0.173. The van der Waals surface area contributed by atoms with Crippen LogP contribution in [0.4, 0.5) is 5.69 Å². The molecule has 0 radical (unpaired) electrons. The lowest BCUT2D eigenvalue weighted by Gasteiger charge is -2.20. The molecule has 0 saturated heterocycles. The van der Waals surface area contributed by atoms with Crippen molar-refractivity contribution < 1.29 is 4.42 Å². The van der Waals surface area contributed by atoms with E-state index in [9.17, 15) is 4.79 Å². The molecule has 0 aliphatic carbocycles. The first-order valence-electron chi connectivity index (χ1n) is 10.6.